The number of unbranched alkanes of at least 4 members (excludes halogenated alkanes) is 1. The van der Waals surface area contributed by atoms with E-state index < -0.39 is 0 Å². The van der Waals surface area contributed by atoms with Crippen molar-refractivity contribution in [1.82, 2.24) is 0 Å². The van der Waals surface area contributed by atoms with Gasteiger partial charge in [0, 0.05) is 11.6 Å². The van der Waals surface area contributed by atoms with Crippen LogP contribution < -0.4 is 4.74 Å². The van der Waals surface area contributed by atoms with E-state index in [-0.39, 0.29) is 0 Å². The third-order valence-electron chi connectivity index (χ3n) is 3.30. The summed E-state index contributed by atoms with van der Waals surface area (Å²) in [6, 6.07) is 8.61. The van der Waals surface area contributed by atoms with Crippen molar-refractivity contribution >= 4 is 5.76 Å². The van der Waals surface area contributed by atoms with Crippen LogP contribution in [0.15, 0.2) is 18.2 Å². The van der Waals surface area contributed by atoms with Crippen LogP contribution >= 0.6 is 0 Å². The van der Waals surface area contributed by atoms with Gasteiger partial charge in [-0.15, -0.1) is 0 Å². The number of benzene rings is 1. The van der Waals surface area contributed by atoms with E-state index in [1.807, 2.05) is 18.2 Å². The monoisotopic (exact) mass is 260 g/mol. The fraction of sp³-hybridized carbons (Fsp3) is 0.529. The zero-order valence-electron chi connectivity index (χ0n) is 12.2. The van der Waals surface area contributed by atoms with E-state index in [4.69, 9.17) is 16.1 Å². The highest BCUT2D eigenvalue weighted by Crippen LogP contribution is 2.20. The van der Waals surface area contributed by atoms with Crippen LogP contribution in [0.4, 0.5) is 0 Å². The Labute approximate surface area is 117 Å². The SMILES string of the molecule is [CH]=C(OC)c1cc[c]c(OCC(CC)CCCC)c1. The highest BCUT2D eigenvalue weighted by atomic mass is 16.5. The molecule has 0 saturated carbocycles. The highest BCUT2D eigenvalue weighted by molar-refractivity contribution is 5.57. The first-order valence-corrected chi connectivity index (χ1v) is 7.02. The molecule has 0 spiro atoms. The zero-order chi connectivity index (χ0) is 14.1. The zero-order valence-corrected chi connectivity index (χ0v) is 12.2. The minimum absolute atomic E-state index is 0.400. The van der Waals surface area contributed by atoms with Gasteiger partial charge in [0.2, 0.25) is 0 Å². The number of methoxy groups -OCH3 is 1. The van der Waals surface area contributed by atoms with Gasteiger partial charge in [-0.3, -0.25) is 0 Å². The number of ether oxygens (including phenoxy) is 2. The molecule has 2 nitrogen and oxygen atoms in total. The van der Waals surface area contributed by atoms with Crippen molar-refractivity contribution in [2.75, 3.05) is 13.7 Å². The lowest BCUT2D eigenvalue weighted by molar-refractivity contribution is 0.233. The summed E-state index contributed by atoms with van der Waals surface area (Å²) in [6.07, 6.45) is 4.86. The molecule has 0 aliphatic carbocycles. The first kappa shape index (κ1) is 15.6. The molecule has 0 aromatic heterocycles. The quantitative estimate of drug-likeness (QED) is 0.608. The third-order valence-corrected chi connectivity index (χ3v) is 3.30. The van der Waals surface area contributed by atoms with Crippen LogP contribution in [-0.2, 0) is 4.74 Å². The Morgan fingerprint density at radius 2 is 2.21 bits per heavy atom. The molecule has 1 aromatic rings. The second-order valence-electron chi connectivity index (χ2n) is 4.74. The molecule has 0 fully saturated rings. The molecule has 0 aliphatic rings. The molecule has 1 rings (SSSR count). The Balaban J connectivity index is 2.54. The van der Waals surface area contributed by atoms with Crippen LogP contribution in [0.25, 0.3) is 5.76 Å². The minimum atomic E-state index is 0.400. The molecule has 0 saturated heterocycles. The Bertz CT molecular complexity index is 385. The fourth-order valence-electron chi connectivity index (χ4n) is 1.90. The van der Waals surface area contributed by atoms with Gasteiger partial charge in [0.25, 0.3) is 0 Å². The van der Waals surface area contributed by atoms with Gasteiger partial charge in [-0.25, -0.2) is 0 Å². The van der Waals surface area contributed by atoms with Gasteiger partial charge in [-0.05, 0) is 31.1 Å². The summed E-state index contributed by atoms with van der Waals surface area (Å²) >= 11 is 0. The molecule has 0 N–H and O–H groups in total. The number of hydrogen-bond acceptors (Lipinski definition) is 2. The van der Waals surface area contributed by atoms with Crippen molar-refractivity contribution in [2.24, 2.45) is 5.92 Å². The van der Waals surface area contributed by atoms with Gasteiger partial charge in [0.05, 0.1) is 13.7 Å². The van der Waals surface area contributed by atoms with Gasteiger partial charge < -0.3 is 9.47 Å². The average molecular weight is 260 g/mol. The lowest BCUT2D eigenvalue weighted by Gasteiger charge is -2.16. The second kappa shape index (κ2) is 8.63. The molecule has 2 radical (unpaired) electrons. The standard InChI is InChI=1S/C17H24O2/c1-5-7-9-15(6-2)13-19-17-11-8-10-16(12-17)14(3)18-4/h3,8,10,12,15H,5-7,9,13H2,1-2,4H3. The summed E-state index contributed by atoms with van der Waals surface area (Å²) in [5, 5.41) is 0. The van der Waals surface area contributed by atoms with Gasteiger partial charge in [-0.2, -0.15) is 0 Å². The predicted octanol–water partition coefficient (Wildman–Crippen LogP) is 4.50. The maximum atomic E-state index is 5.81. The molecule has 104 valence electrons. The van der Waals surface area contributed by atoms with Crippen LogP contribution in [0.5, 0.6) is 5.75 Å². The Hall–Kier alpha value is -1.44. The maximum Gasteiger partial charge on any atom is 0.127 e. The van der Waals surface area contributed by atoms with E-state index in [1.165, 1.54) is 19.3 Å². The van der Waals surface area contributed by atoms with E-state index in [0.29, 0.717) is 11.7 Å². The van der Waals surface area contributed by atoms with Crippen LogP contribution in [0, 0.1) is 18.6 Å². The largest absolute Gasteiger partial charge is 0.496 e. The molecule has 0 bridgehead atoms. The van der Waals surface area contributed by atoms with Crippen LogP contribution in [0.2, 0.25) is 0 Å². The first-order chi connectivity index (χ1) is 9.21. The Kier molecular flexibility index (Phi) is 7.09. The smallest absolute Gasteiger partial charge is 0.127 e. The second-order valence-corrected chi connectivity index (χ2v) is 4.74. The minimum Gasteiger partial charge on any atom is -0.496 e. The summed E-state index contributed by atoms with van der Waals surface area (Å²) in [6.45, 7) is 10.9. The Morgan fingerprint density at radius 1 is 1.42 bits per heavy atom. The van der Waals surface area contributed by atoms with Crippen molar-refractivity contribution < 1.29 is 9.47 Å². The molecule has 1 atom stereocenters. The van der Waals surface area contributed by atoms with Gasteiger partial charge >= 0.3 is 0 Å². The topological polar surface area (TPSA) is 18.5 Å². The van der Waals surface area contributed by atoms with Crippen molar-refractivity contribution in [1.29, 1.82) is 0 Å². The summed E-state index contributed by atoms with van der Waals surface area (Å²) < 4.78 is 10.8. The molecular formula is C17H24O2. The summed E-state index contributed by atoms with van der Waals surface area (Å²) in [5.41, 5.74) is 0.831. The number of hydrogen-bond donors (Lipinski definition) is 0. The summed E-state index contributed by atoms with van der Waals surface area (Å²) in [7, 11) is 1.56. The lowest BCUT2D eigenvalue weighted by Crippen LogP contribution is -2.11. The van der Waals surface area contributed by atoms with Gasteiger partial charge in [-0.1, -0.05) is 39.2 Å². The molecule has 19 heavy (non-hydrogen) atoms. The van der Waals surface area contributed by atoms with Crippen molar-refractivity contribution in [3.8, 4) is 5.75 Å². The molecule has 0 amide bonds. The van der Waals surface area contributed by atoms with Gasteiger partial charge in [0.15, 0.2) is 0 Å². The van der Waals surface area contributed by atoms with Crippen molar-refractivity contribution in [2.45, 2.75) is 39.5 Å². The van der Waals surface area contributed by atoms with E-state index in [9.17, 15) is 0 Å². The predicted molar refractivity (Wildman–Crippen MR) is 78.8 cm³/mol. The number of rotatable bonds is 9. The van der Waals surface area contributed by atoms with E-state index in [1.54, 1.807) is 7.11 Å². The van der Waals surface area contributed by atoms with Crippen LogP contribution in [0.3, 0.4) is 0 Å². The lowest BCUT2D eigenvalue weighted by atomic mass is 10.0. The van der Waals surface area contributed by atoms with Gasteiger partial charge in [0.1, 0.15) is 11.5 Å². The first-order valence-electron chi connectivity index (χ1n) is 7.02. The van der Waals surface area contributed by atoms with E-state index in [2.05, 4.69) is 19.9 Å². The molecule has 0 aliphatic heterocycles. The van der Waals surface area contributed by atoms with Crippen molar-refractivity contribution in [3.63, 3.8) is 0 Å². The molecule has 2 heteroatoms. The highest BCUT2D eigenvalue weighted by Gasteiger charge is 2.08. The molecule has 1 unspecified atom stereocenters. The Morgan fingerprint density at radius 3 is 2.84 bits per heavy atom. The normalized spacial score (nSPS) is 11.9. The van der Waals surface area contributed by atoms with Crippen LogP contribution in [-0.4, -0.2) is 13.7 Å². The van der Waals surface area contributed by atoms with Crippen LogP contribution in [0.1, 0.15) is 45.1 Å². The molecular weight excluding hydrogens is 236 g/mol. The van der Waals surface area contributed by atoms with E-state index in [0.717, 1.165) is 24.3 Å². The fourth-order valence-corrected chi connectivity index (χ4v) is 1.90. The third kappa shape index (κ3) is 5.37. The summed E-state index contributed by atoms with van der Waals surface area (Å²) in [4.78, 5) is 0. The average Bonchev–Trinajstić information content (AvgIpc) is 2.47. The molecule has 1 aromatic carbocycles. The summed E-state index contributed by atoms with van der Waals surface area (Å²) in [5.74, 6) is 1.74. The molecule has 0 heterocycles. The van der Waals surface area contributed by atoms with Crippen molar-refractivity contribution in [3.05, 3.63) is 36.4 Å². The van der Waals surface area contributed by atoms with E-state index >= 15 is 0 Å². The maximum absolute atomic E-state index is 5.81.